The number of hydrogen-bond acceptors (Lipinski definition) is 11. The molecule has 0 amide bonds. The van der Waals surface area contributed by atoms with Gasteiger partial charge < -0.3 is 24.5 Å². The molecule has 0 bridgehead atoms. The Balaban J connectivity index is 1.97. The fourth-order valence-electron chi connectivity index (χ4n) is 2.34. The first-order valence-electron chi connectivity index (χ1n) is 8.09. The van der Waals surface area contributed by atoms with E-state index in [9.17, 15) is 38.2 Å². The third kappa shape index (κ3) is 7.31. The zero-order valence-corrected chi connectivity index (χ0v) is 17.9. The van der Waals surface area contributed by atoms with Gasteiger partial charge in [0.25, 0.3) is 5.56 Å². The normalized spacial score (nSPS) is 27.8. The summed E-state index contributed by atoms with van der Waals surface area (Å²) in [5.74, 6) is 0. The van der Waals surface area contributed by atoms with E-state index in [-0.39, 0.29) is 13.0 Å². The first kappa shape index (κ1) is 25.3. The number of aromatic amines is 1. The van der Waals surface area contributed by atoms with Crippen LogP contribution in [0, 0.1) is 0 Å². The molecule has 0 aliphatic carbocycles. The fraction of sp³-hybridized carbons (Fsp3) is 0.636. The van der Waals surface area contributed by atoms with Crippen molar-refractivity contribution in [3.8, 4) is 0 Å². The summed E-state index contributed by atoms with van der Waals surface area (Å²) in [6, 6.07) is 1.04. The van der Waals surface area contributed by atoms with E-state index in [0.29, 0.717) is 0 Å². The Morgan fingerprint density at radius 1 is 1.13 bits per heavy atom. The molecule has 16 nitrogen and oxygen atoms in total. The summed E-state index contributed by atoms with van der Waals surface area (Å²) in [5, 5.41) is 9.99. The minimum absolute atomic E-state index is 0.153. The van der Waals surface area contributed by atoms with Gasteiger partial charge in [0.15, 0.2) is 0 Å². The van der Waals surface area contributed by atoms with Gasteiger partial charge in [-0.3, -0.25) is 23.4 Å². The number of phosphoric acid groups is 3. The van der Waals surface area contributed by atoms with Gasteiger partial charge >= 0.3 is 29.2 Å². The van der Waals surface area contributed by atoms with Gasteiger partial charge in [-0.1, -0.05) is 0 Å². The van der Waals surface area contributed by atoms with Crippen LogP contribution in [0.2, 0.25) is 0 Å². The molecule has 2 rings (SSSR count). The van der Waals surface area contributed by atoms with Gasteiger partial charge in [-0.15, -0.1) is 0 Å². The minimum atomic E-state index is -5.57. The molecule has 0 radical (unpaired) electrons. The molecule has 6 atom stereocenters. The van der Waals surface area contributed by atoms with Gasteiger partial charge in [0.2, 0.25) is 0 Å². The monoisotopic (exact) mass is 496 g/mol. The highest BCUT2D eigenvalue weighted by molar-refractivity contribution is 7.66. The van der Waals surface area contributed by atoms with Crippen LogP contribution >= 0.6 is 23.5 Å². The quantitative estimate of drug-likeness (QED) is 0.259. The number of nitrogens with zero attached hydrogens (tertiary/aromatic N) is 1. The summed E-state index contributed by atoms with van der Waals surface area (Å²) in [7, 11) is -16.0. The van der Waals surface area contributed by atoms with Gasteiger partial charge in [-0.05, 0) is 6.92 Å². The molecule has 1 aromatic heterocycles. The molecule has 0 spiro atoms. The molecule has 1 saturated heterocycles. The van der Waals surface area contributed by atoms with Crippen molar-refractivity contribution < 1.29 is 55.9 Å². The van der Waals surface area contributed by atoms with Crippen LogP contribution in [0.15, 0.2) is 21.9 Å². The third-order valence-electron chi connectivity index (χ3n) is 3.47. The van der Waals surface area contributed by atoms with E-state index in [1.165, 1.54) is 6.92 Å². The maximum Gasteiger partial charge on any atom is 0.490 e. The van der Waals surface area contributed by atoms with Crippen LogP contribution < -0.4 is 11.2 Å². The number of rotatable bonds is 10. The van der Waals surface area contributed by atoms with E-state index < -0.39 is 59.8 Å². The Bertz CT molecular complexity index is 1010. The number of H-pyrrole nitrogens is 1. The minimum Gasteiger partial charge on any atom is -0.390 e. The lowest BCUT2D eigenvalue weighted by Gasteiger charge is -2.20. The van der Waals surface area contributed by atoms with Crippen LogP contribution in [-0.4, -0.2) is 54.8 Å². The van der Waals surface area contributed by atoms with Crippen LogP contribution in [0.5, 0.6) is 0 Å². The smallest absolute Gasteiger partial charge is 0.390 e. The number of aliphatic hydroxyl groups excluding tert-OH is 1. The van der Waals surface area contributed by atoms with Crippen molar-refractivity contribution in [3.05, 3.63) is 33.1 Å². The zero-order valence-electron chi connectivity index (χ0n) is 15.2. The highest BCUT2D eigenvalue weighted by atomic mass is 31.3. The van der Waals surface area contributed by atoms with Crippen LogP contribution in [0.4, 0.5) is 0 Å². The van der Waals surface area contributed by atoms with Crippen molar-refractivity contribution in [2.75, 3.05) is 13.2 Å². The lowest BCUT2D eigenvalue weighted by Crippen LogP contribution is -2.31. The van der Waals surface area contributed by atoms with E-state index in [4.69, 9.17) is 9.63 Å². The fourth-order valence-corrected chi connectivity index (χ4v) is 5.86. The Hall–Kier alpha value is -0.990. The van der Waals surface area contributed by atoms with E-state index in [0.717, 1.165) is 16.8 Å². The third-order valence-corrected chi connectivity index (χ3v) is 7.83. The van der Waals surface area contributed by atoms with Gasteiger partial charge in [-0.2, -0.15) is 8.62 Å². The average Bonchev–Trinajstić information content (AvgIpc) is 2.91. The van der Waals surface area contributed by atoms with Crippen molar-refractivity contribution >= 4 is 23.5 Å². The Labute approximate surface area is 167 Å². The Morgan fingerprint density at radius 2 is 1.73 bits per heavy atom. The summed E-state index contributed by atoms with van der Waals surface area (Å²) in [4.78, 5) is 52.9. The molecule has 3 unspecified atom stereocenters. The highest BCUT2D eigenvalue weighted by Gasteiger charge is 2.43. The predicted molar refractivity (Wildman–Crippen MR) is 95.1 cm³/mol. The number of hydrogen-bond donors (Lipinski definition) is 5. The second-order valence-corrected chi connectivity index (χ2v) is 10.4. The summed E-state index contributed by atoms with van der Waals surface area (Å²) < 4.78 is 57.4. The van der Waals surface area contributed by atoms with Crippen LogP contribution in [0.3, 0.4) is 0 Å². The van der Waals surface area contributed by atoms with Crippen molar-refractivity contribution in [3.63, 3.8) is 0 Å². The highest BCUT2D eigenvalue weighted by Crippen LogP contribution is 2.67. The van der Waals surface area contributed by atoms with Gasteiger partial charge in [0.1, 0.15) is 12.3 Å². The summed E-state index contributed by atoms with van der Waals surface area (Å²) in [6.45, 7) is 0.0557. The zero-order chi connectivity index (χ0) is 22.7. The molecule has 30 heavy (non-hydrogen) atoms. The van der Waals surface area contributed by atoms with E-state index in [1.807, 2.05) is 4.98 Å². The summed E-state index contributed by atoms with van der Waals surface area (Å²) >= 11 is 0. The molecule has 5 N–H and O–H groups in total. The van der Waals surface area contributed by atoms with Gasteiger partial charge in [0, 0.05) is 18.7 Å². The molecule has 1 fully saturated rings. The van der Waals surface area contributed by atoms with Crippen molar-refractivity contribution in [1.82, 2.24) is 9.55 Å². The Morgan fingerprint density at radius 3 is 2.30 bits per heavy atom. The van der Waals surface area contributed by atoms with Crippen molar-refractivity contribution in [2.45, 2.75) is 31.8 Å². The SMILES string of the molecule is CCOP(=O)(O)OP(=O)(O)OP(=O)(O)OC[C@H]1O[C@@H](n2ccc(=O)[nH]c2=O)C[C@@H]1O. The standard InChI is InChI=1S/C11H19N2O14P3/c1-2-23-28(17,18)26-30(21,22)27-29(19,20)24-6-8-7(14)5-10(25-8)13-4-3-9(15)12-11(13)16/h3-4,7-8,10,14H,2,5-6H2,1H3,(H,17,18)(H,19,20)(H,21,22)(H,12,15,16)/t7-,8+,10+/m0/s1. The number of phosphoric ester groups is 2. The van der Waals surface area contributed by atoms with Crippen LogP contribution in [0.1, 0.15) is 19.6 Å². The van der Waals surface area contributed by atoms with Crippen LogP contribution in [0.25, 0.3) is 0 Å². The van der Waals surface area contributed by atoms with Crippen LogP contribution in [-0.2, 0) is 36.1 Å². The number of nitrogens with one attached hydrogen (secondary N) is 1. The molecular weight excluding hydrogens is 477 g/mol. The second kappa shape index (κ2) is 9.65. The molecular formula is C11H19N2O14P3. The number of aliphatic hydroxyl groups is 1. The summed E-state index contributed by atoms with van der Waals surface area (Å²) in [6.07, 6.45) is -2.64. The second-order valence-electron chi connectivity index (χ2n) is 5.73. The van der Waals surface area contributed by atoms with Crippen molar-refractivity contribution in [2.24, 2.45) is 0 Å². The van der Waals surface area contributed by atoms with Gasteiger partial charge in [-0.25, -0.2) is 18.5 Å². The number of aromatic nitrogens is 2. The predicted octanol–water partition coefficient (Wildman–Crippen LogP) is -0.428. The average molecular weight is 496 g/mol. The molecule has 1 aromatic rings. The lowest BCUT2D eigenvalue weighted by molar-refractivity contribution is -0.0450. The van der Waals surface area contributed by atoms with E-state index >= 15 is 0 Å². The first-order valence-corrected chi connectivity index (χ1v) is 12.6. The largest absolute Gasteiger partial charge is 0.490 e. The maximum absolute atomic E-state index is 11.8. The molecule has 1 aliphatic heterocycles. The summed E-state index contributed by atoms with van der Waals surface area (Å²) in [5.41, 5.74) is -1.47. The van der Waals surface area contributed by atoms with Crippen molar-refractivity contribution in [1.29, 1.82) is 0 Å². The topological polar surface area (TPSA) is 233 Å². The molecule has 2 heterocycles. The molecule has 1 aliphatic rings. The first-order chi connectivity index (χ1) is 13.7. The molecule has 172 valence electrons. The lowest BCUT2D eigenvalue weighted by atomic mass is 10.2. The molecule has 19 heteroatoms. The molecule has 0 aromatic carbocycles. The maximum atomic E-state index is 11.8. The Kier molecular flexibility index (Phi) is 8.13. The van der Waals surface area contributed by atoms with Gasteiger partial charge in [0.05, 0.1) is 19.3 Å². The van der Waals surface area contributed by atoms with E-state index in [2.05, 4.69) is 17.7 Å². The van der Waals surface area contributed by atoms with E-state index in [1.54, 1.807) is 0 Å². The number of ether oxygens (including phenoxy) is 1. The molecule has 0 saturated carbocycles.